The zero-order valence-corrected chi connectivity index (χ0v) is 20.2. The van der Waals surface area contributed by atoms with E-state index < -0.39 is 9.84 Å². The fourth-order valence-electron chi connectivity index (χ4n) is 2.79. The molecule has 0 bridgehead atoms. The number of aromatic hydroxyl groups is 1. The summed E-state index contributed by atoms with van der Waals surface area (Å²) in [6.07, 6.45) is 1.20. The van der Waals surface area contributed by atoms with Crippen molar-refractivity contribution in [1.82, 2.24) is 10.6 Å². The summed E-state index contributed by atoms with van der Waals surface area (Å²) >= 11 is 0. The highest BCUT2D eigenvalue weighted by Crippen LogP contribution is 2.29. The second-order valence-electron chi connectivity index (χ2n) is 6.39. The molecular formula is C20H28IN3O4S. The Kier molecular flexibility index (Phi) is 9.71. The number of hydrogen-bond acceptors (Lipinski definition) is 5. The lowest BCUT2D eigenvalue weighted by Crippen LogP contribution is -2.36. The highest BCUT2D eigenvalue weighted by atomic mass is 127. The molecule has 0 atom stereocenters. The summed E-state index contributed by atoms with van der Waals surface area (Å²) in [4.78, 5) is 4.87. The summed E-state index contributed by atoms with van der Waals surface area (Å²) in [5, 5.41) is 16.5. The maximum atomic E-state index is 11.7. The third-order valence-corrected chi connectivity index (χ3v) is 5.41. The van der Waals surface area contributed by atoms with E-state index >= 15 is 0 Å². The molecule has 0 aliphatic heterocycles. The van der Waals surface area contributed by atoms with E-state index in [1.165, 1.54) is 13.4 Å². The number of aryl methyl sites for hydroxylation is 1. The molecule has 2 aromatic rings. The standard InChI is InChI=1S/C20H27N3O4S.HI/c1-5-21-20(23-13-16-7-6-8-17(27-3)19(16)24)22-12-15-9-10-18(14(2)11-15)28(4,25)26;/h6-11,24H,5,12-13H2,1-4H3,(H2,21,22,23);1H. The van der Waals surface area contributed by atoms with E-state index in [0.29, 0.717) is 47.4 Å². The Balaban J connectivity index is 0.00000420. The molecule has 7 nitrogen and oxygen atoms in total. The molecule has 0 aliphatic carbocycles. The third kappa shape index (κ3) is 7.07. The van der Waals surface area contributed by atoms with Crippen molar-refractivity contribution in [2.24, 2.45) is 4.99 Å². The molecule has 160 valence electrons. The Hall–Kier alpha value is -2.01. The Morgan fingerprint density at radius 3 is 2.52 bits per heavy atom. The molecule has 0 unspecified atom stereocenters. The SMILES string of the molecule is CCNC(=NCc1ccc(S(C)(=O)=O)c(C)c1)NCc1cccc(OC)c1O.I. The van der Waals surface area contributed by atoms with Crippen LogP contribution in [0.1, 0.15) is 23.6 Å². The van der Waals surface area contributed by atoms with Gasteiger partial charge in [-0.2, -0.15) is 0 Å². The number of nitrogens with zero attached hydrogens (tertiary/aromatic N) is 1. The van der Waals surface area contributed by atoms with Crippen LogP contribution in [0.4, 0.5) is 0 Å². The lowest BCUT2D eigenvalue weighted by Gasteiger charge is -2.13. The minimum Gasteiger partial charge on any atom is -0.504 e. The van der Waals surface area contributed by atoms with Crippen LogP contribution in [0.5, 0.6) is 11.5 Å². The fourth-order valence-corrected chi connectivity index (χ4v) is 3.75. The minimum atomic E-state index is -3.23. The highest BCUT2D eigenvalue weighted by molar-refractivity contribution is 14.0. The predicted octanol–water partition coefficient (Wildman–Crippen LogP) is 2.99. The highest BCUT2D eigenvalue weighted by Gasteiger charge is 2.11. The average Bonchev–Trinajstić information content (AvgIpc) is 2.64. The van der Waals surface area contributed by atoms with Crippen LogP contribution in [0.2, 0.25) is 0 Å². The molecule has 3 N–H and O–H groups in total. The molecule has 0 aromatic heterocycles. The molecule has 0 amide bonds. The maximum absolute atomic E-state index is 11.7. The smallest absolute Gasteiger partial charge is 0.191 e. The third-order valence-electron chi connectivity index (χ3n) is 4.15. The van der Waals surface area contributed by atoms with Gasteiger partial charge >= 0.3 is 0 Å². The van der Waals surface area contributed by atoms with Gasteiger partial charge in [0.1, 0.15) is 0 Å². The second-order valence-corrected chi connectivity index (χ2v) is 8.37. The lowest BCUT2D eigenvalue weighted by molar-refractivity contribution is 0.370. The molecule has 0 saturated carbocycles. The van der Waals surface area contributed by atoms with E-state index in [9.17, 15) is 13.5 Å². The number of guanidine groups is 1. The lowest BCUT2D eigenvalue weighted by atomic mass is 10.1. The molecule has 0 saturated heterocycles. The number of sulfone groups is 1. The topological polar surface area (TPSA) is 100 Å². The monoisotopic (exact) mass is 533 g/mol. The Labute approximate surface area is 189 Å². The van der Waals surface area contributed by atoms with Crippen LogP contribution < -0.4 is 15.4 Å². The van der Waals surface area contributed by atoms with Crippen LogP contribution in [-0.2, 0) is 22.9 Å². The molecule has 2 rings (SSSR count). The summed E-state index contributed by atoms with van der Waals surface area (Å²) in [7, 11) is -1.72. The molecule has 2 aromatic carbocycles. The van der Waals surface area contributed by atoms with Crippen molar-refractivity contribution in [3.05, 3.63) is 53.1 Å². The van der Waals surface area contributed by atoms with Gasteiger partial charge in [-0.15, -0.1) is 24.0 Å². The van der Waals surface area contributed by atoms with Crippen LogP contribution in [0, 0.1) is 6.92 Å². The molecule has 0 radical (unpaired) electrons. The first kappa shape index (κ1) is 25.0. The largest absolute Gasteiger partial charge is 0.504 e. The van der Waals surface area contributed by atoms with Crippen molar-refractivity contribution in [1.29, 1.82) is 0 Å². The number of phenols is 1. The Morgan fingerprint density at radius 1 is 1.21 bits per heavy atom. The zero-order valence-electron chi connectivity index (χ0n) is 17.0. The molecule has 0 aliphatic rings. The predicted molar refractivity (Wildman–Crippen MR) is 126 cm³/mol. The number of nitrogens with one attached hydrogen (secondary N) is 2. The van der Waals surface area contributed by atoms with E-state index in [1.807, 2.05) is 25.1 Å². The second kappa shape index (κ2) is 11.2. The normalized spacial score (nSPS) is 11.5. The van der Waals surface area contributed by atoms with Crippen molar-refractivity contribution in [2.45, 2.75) is 31.8 Å². The first-order valence-corrected chi connectivity index (χ1v) is 10.8. The first-order chi connectivity index (χ1) is 13.3. The summed E-state index contributed by atoms with van der Waals surface area (Å²) in [6, 6.07) is 10.5. The number of halogens is 1. The van der Waals surface area contributed by atoms with Crippen molar-refractivity contribution >= 4 is 39.8 Å². The van der Waals surface area contributed by atoms with Gasteiger partial charge < -0.3 is 20.5 Å². The van der Waals surface area contributed by atoms with Gasteiger partial charge in [0.15, 0.2) is 27.3 Å². The van der Waals surface area contributed by atoms with E-state index in [4.69, 9.17) is 4.74 Å². The maximum Gasteiger partial charge on any atom is 0.191 e. The van der Waals surface area contributed by atoms with E-state index in [-0.39, 0.29) is 29.7 Å². The summed E-state index contributed by atoms with van der Waals surface area (Å²) in [6.45, 7) is 5.19. The van der Waals surface area contributed by atoms with Crippen LogP contribution in [-0.4, -0.2) is 39.4 Å². The number of rotatable bonds is 7. The van der Waals surface area contributed by atoms with Crippen LogP contribution >= 0.6 is 24.0 Å². The number of ether oxygens (including phenoxy) is 1. The fraction of sp³-hybridized carbons (Fsp3) is 0.350. The average molecular weight is 533 g/mol. The van der Waals surface area contributed by atoms with Gasteiger partial charge in [-0.1, -0.05) is 24.3 Å². The van der Waals surface area contributed by atoms with Crippen LogP contribution in [0.15, 0.2) is 46.3 Å². The Morgan fingerprint density at radius 2 is 1.93 bits per heavy atom. The van der Waals surface area contributed by atoms with Gasteiger partial charge in [-0.3, -0.25) is 0 Å². The number of methoxy groups -OCH3 is 1. The van der Waals surface area contributed by atoms with Crippen LogP contribution in [0.3, 0.4) is 0 Å². The number of aliphatic imine (C=N–C) groups is 1. The van der Waals surface area contributed by atoms with Crippen LogP contribution in [0.25, 0.3) is 0 Å². The minimum absolute atomic E-state index is 0. The molecule has 29 heavy (non-hydrogen) atoms. The molecule has 0 spiro atoms. The zero-order chi connectivity index (χ0) is 20.7. The van der Waals surface area contributed by atoms with Gasteiger partial charge in [0.25, 0.3) is 0 Å². The number of benzene rings is 2. The van der Waals surface area contributed by atoms with Crippen molar-refractivity contribution in [3.8, 4) is 11.5 Å². The Bertz CT molecular complexity index is 962. The van der Waals surface area contributed by atoms with Gasteiger partial charge in [-0.05, 0) is 37.1 Å². The summed E-state index contributed by atoms with van der Waals surface area (Å²) in [5.41, 5.74) is 2.30. The van der Waals surface area contributed by atoms with Gasteiger partial charge in [0.2, 0.25) is 0 Å². The van der Waals surface area contributed by atoms with Gasteiger partial charge in [-0.25, -0.2) is 13.4 Å². The van der Waals surface area contributed by atoms with Crippen molar-refractivity contribution in [3.63, 3.8) is 0 Å². The van der Waals surface area contributed by atoms with Gasteiger partial charge in [0.05, 0.1) is 18.6 Å². The van der Waals surface area contributed by atoms with Crippen molar-refractivity contribution in [2.75, 3.05) is 19.9 Å². The molecule has 0 fully saturated rings. The summed E-state index contributed by atoms with van der Waals surface area (Å²) < 4.78 is 28.6. The molecule has 0 heterocycles. The number of phenolic OH excluding ortho intramolecular Hbond substituents is 1. The van der Waals surface area contributed by atoms with E-state index in [1.54, 1.807) is 25.1 Å². The summed E-state index contributed by atoms with van der Waals surface area (Å²) in [5.74, 6) is 1.11. The quantitative estimate of drug-likeness (QED) is 0.288. The first-order valence-electron chi connectivity index (χ1n) is 8.92. The van der Waals surface area contributed by atoms with E-state index in [2.05, 4.69) is 15.6 Å². The number of para-hydroxylation sites is 1. The van der Waals surface area contributed by atoms with E-state index in [0.717, 1.165) is 5.56 Å². The molecule has 9 heteroatoms. The van der Waals surface area contributed by atoms with Crippen molar-refractivity contribution < 1.29 is 18.3 Å². The van der Waals surface area contributed by atoms with Gasteiger partial charge in [0, 0.05) is 24.9 Å². The number of hydrogen-bond donors (Lipinski definition) is 3. The molecular weight excluding hydrogens is 505 g/mol.